The van der Waals surface area contributed by atoms with Crippen molar-refractivity contribution in [3.63, 3.8) is 0 Å². The van der Waals surface area contributed by atoms with Crippen LogP contribution in [0.15, 0.2) is 28.8 Å². The number of benzene rings is 1. The molecule has 1 N–H and O–H groups in total. The molecule has 0 aliphatic carbocycles. The van der Waals surface area contributed by atoms with Crippen LogP contribution in [0.5, 0.6) is 0 Å². The smallest absolute Gasteiger partial charge is 0.269 e. The Kier molecular flexibility index (Phi) is 3.86. The highest BCUT2D eigenvalue weighted by Crippen LogP contribution is 2.21. The van der Waals surface area contributed by atoms with Crippen LogP contribution in [-0.4, -0.2) is 21.6 Å². The van der Waals surface area contributed by atoms with Gasteiger partial charge in [-0.25, -0.2) is 0 Å². The lowest BCUT2D eigenvalue weighted by atomic mass is 10.2. The lowest BCUT2D eigenvalue weighted by Crippen LogP contribution is -2.17. The molecule has 0 aliphatic rings. The van der Waals surface area contributed by atoms with E-state index in [0.29, 0.717) is 17.3 Å². The molecular weight excluding hydrogens is 248 g/mol. The average molecular weight is 262 g/mol. The van der Waals surface area contributed by atoms with Gasteiger partial charge >= 0.3 is 0 Å². The normalized spacial score (nSPS) is 12.3. The third kappa shape index (κ3) is 2.94. The van der Waals surface area contributed by atoms with Crippen LogP contribution < -0.4 is 5.32 Å². The standard InChI is InChI=1S/C12H14N4O3/c1-3-13-8(2)12-14-11(15-19-12)9-4-6-10(7-5-9)16(17)18/h4-8,13H,3H2,1-2H3. The minimum absolute atomic E-state index is 0.0238. The van der Waals surface area contributed by atoms with E-state index in [1.807, 2.05) is 13.8 Å². The fourth-order valence-corrected chi connectivity index (χ4v) is 1.65. The van der Waals surface area contributed by atoms with E-state index >= 15 is 0 Å². The van der Waals surface area contributed by atoms with Gasteiger partial charge in [0.25, 0.3) is 5.69 Å². The summed E-state index contributed by atoms with van der Waals surface area (Å²) in [5.74, 6) is 0.921. The second-order valence-corrected chi connectivity index (χ2v) is 4.04. The predicted molar refractivity (Wildman–Crippen MR) is 68.5 cm³/mol. The highest BCUT2D eigenvalue weighted by atomic mass is 16.6. The Hall–Kier alpha value is -2.28. The Bertz CT molecular complexity index is 565. The largest absolute Gasteiger partial charge is 0.337 e. The molecule has 0 saturated heterocycles. The summed E-state index contributed by atoms with van der Waals surface area (Å²) in [6.07, 6.45) is 0. The van der Waals surface area contributed by atoms with E-state index in [2.05, 4.69) is 15.5 Å². The number of rotatable bonds is 5. The van der Waals surface area contributed by atoms with Crippen LogP contribution >= 0.6 is 0 Å². The van der Waals surface area contributed by atoms with Crippen LogP contribution in [-0.2, 0) is 0 Å². The molecule has 2 aromatic rings. The quantitative estimate of drug-likeness (QED) is 0.656. The summed E-state index contributed by atoms with van der Waals surface area (Å²) in [5, 5.41) is 17.6. The van der Waals surface area contributed by atoms with Gasteiger partial charge in [-0.05, 0) is 25.6 Å². The van der Waals surface area contributed by atoms with E-state index in [9.17, 15) is 10.1 Å². The molecule has 0 saturated carbocycles. The summed E-state index contributed by atoms with van der Waals surface area (Å²) in [4.78, 5) is 14.4. The Morgan fingerprint density at radius 2 is 2.11 bits per heavy atom. The zero-order chi connectivity index (χ0) is 13.8. The molecule has 1 aromatic heterocycles. The van der Waals surface area contributed by atoms with Crippen molar-refractivity contribution in [1.82, 2.24) is 15.5 Å². The average Bonchev–Trinajstić information content (AvgIpc) is 2.89. The highest BCUT2D eigenvalue weighted by molar-refractivity contribution is 5.56. The molecule has 7 heteroatoms. The summed E-state index contributed by atoms with van der Waals surface area (Å²) in [5.41, 5.74) is 0.720. The first kappa shape index (κ1) is 13.2. The van der Waals surface area contributed by atoms with Crippen LogP contribution in [0.4, 0.5) is 5.69 Å². The van der Waals surface area contributed by atoms with Crippen LogP contribution in [0.1, 0.15) is 25.8 Å². The molecule has 1 heterocycles. The van der Waals surface area contributed by atoms with E-state index in [0.717, 1.165) is 6.54 Å². The number of non-ortho nitro benzene ring substituents is 1. The fourth-order valence-electron chi connectivity index (χ4n) is 1.65. The maximum atomic E-state index is 10.6. The first-order valence-electron chi connectivity index (χ1n) is 5.93. The number of nitrogens with zero attached hydrogens (tertiary/aromatic N) is 3. The molecule has 100 valence electrons. The Balaban J connectivity index is 2.20. The number of nitrogens with one attached hydrogen (secondary N) is 1. The third-order valence-corrected chi connectivity index (χ3v) is 2.66. The van der Waals surface area contributed by atoms with Crippen molar-refractivity contribution in [2.24, 2.45) is 0 Å². The first-order valence-corrected chi connectivity index (χ1v) is 5.93. The molecule has 2 rings (SSSR count). The van der Waals surface area contributed by atoms with Gasteiger partial charge in [0.2, 0.25) is 11.7 Å². The third-order valence-electron chi connectivity index (χ3n) is 2.66. The van der Waals surface area contributed by atoms with Crippen LogP contribution in [0, 0.1) is 10.1 Å². The number of aromatic nitrogens is 2. The van der Waals surface area contributed by atoms with Gasteiger partial charge < -0.3 is 9.84 Å². The summed E-state index contributed by atoms with van der Waals surface area (Å²) in [7, 11) is 0. The fraction of sp³-hybridized carbons (Fsp3) is 0.333. The number of hydrogen-bond donors (Lipinski definition) is 1. The lowest BCUT2D eigenvalue weighted by molar-refractivity contribution is -0.384. The Morgan fingerprint density at radius 1 is 1.42 bits per heavy atom. The van der Waals surface area contributed by atoms with Crippen molar-refractivity contribution in [3.05, 3.63) is 40.3 Å². The summed E-state index contributed by atoms with van der Waals surface area (Å²) >= 11 is 0. The van der Waals surface area contributed by atoms with Crippen molar-refractivity contribution < 1.29 is 9.45 Å². The number of nitro groups is 1. The second-order valence-electron chi connectivity index (χ2n) is 4.04. The second kappa shape index (κ2) is 5.57. The van der Waals surface area contributed by atoms with Crippen molar-refractivity contribution >= 4 is 5.69 Å². The molecule has 1 atom stereocenters. The summed E-state index contributed by atoms with van der Waals surface area (Å²) in [6, 6.07) is 6.01. The van der Waals surface area contributed by atoms with Crippen molar-refractivity contribution in [2.45, 2.75) is 19.9 Å². The first-order chi connectivity index (χ1) is 9.11. The monoisotopic (exact) mass is 262 g/mol. The van der Waals surface area contributed by atoms with Crippen molar-refractivity contribution in [1.29, 1.82) is 0 Å². The molecule has 7 nitrogen and oxygen atoms in total. The van der Waals surface area contributed by atoms with Gasteiger partial charge in [-0.3, -0.25) is 10.1 Å². The summed E-state index contributed by atoms with van der Waals surface area (Å²) < 4.78 is 5.15. The molecule has 0 fully saturated rings. The lowest BCUT2D eigenvalue weighted by Gasteiger charge is -2.04. The Morgan fingerprint density at radius 3 is 2.68 bits per heavy atom. The van der Waals surface area contributed by atoms with E-state index in [4.69, 9.17) is 4.52 Å². The van der Waals surface area contributed by atoms with Crippen molar-refractivity contribution in [3.8, 4) is 11.4 Å². The SMILES string of the molecule is CCNC(C)c1nc(-c2ccc([N+](=O)[O-])cc2)no1. The van der Waals surface area contributed by atoms with Gasteiger partial charge in [-0.15, -0.1) is 0 Å². The van der Waals surface area contributed by atoms with Gasteiger partial charge in [0.15, 0.2) is 0 Å². The van der Waals surface area contributed by atoms with Gasteiger partial charge in [-0.1, -0.05) is 12.1 Å². The minimum atomic E-state index is -0.446. The van der Waals surface area contributed by atoms with Gasteiger partial charge in [0.05, 0.1) is 11.0 Å². The minimum Gasteiger partial charge on any atom is -0.337 e. The van der Waals surface area contributed by atoms with Crippen LogP contribution in [0.2, 0.25) is 0 Å². The van der Waals surface area contributed by atoms with E-state index < -0.39 is 4.92 Å². The molecule has 0 bridgehead atoms. The molecule has 1 aromatic carbocycles. The van der Waals surface area contributed by atoms with Crippen LogP contribution in [0.3, 0.4) is 0 Å². The zero-order valence-electron chi connectivity index (χ0n) is 10.7. The Labute approximate surface area is 109 Å². The number of hydrogen-bond acceptors (Lipinski definition) is 6. The topological polar surface area (TPSA) is 94.1 Å². The van der Waals surface area contributed by atoms with Crippen LogP contribution in [0.25, 0.3) is 11.4 Å². The van der Waals surface area contributed by atoms with Gasteiger partial charge in [-0.2, -0.15) is 4.98 Å². The highest BCUT2D eigenvalue weighted by Gasteiger charge is 2.14. The molecule has 1 unspecified atom stereocenters. The van der Waals surface area contributed by atoms with Gasteiger partial charge in [0.1, 0.15) is 0 Å². The van der Waals surface area contributed by atoms with Gasteiger partial charge in [0, 0.05) is 17.7 Å². The van der Waals surface area contributed by atoms with Crippen molar-refractivity contribution in [2.75, 3.05) is 6.54 Å². The number of nitro benzene ring substituents is 1. The van der Waals surface area contributed by atoms with E-state index in [1.165, 1.54) is 12.1 Å². The zero-order valence-corrected chi connectivity index (χ0v) is 10.7. The maximum absolute atomic E-state index is 10.6. The maximum Gasteiger partial charge on any atom is 0.269 e. The molecule has 0 amide bonds. The molecule has 0 radical (unpaired) electrons. The molecule has 19 heavy (non-hydrogen) atoms. The molecule has 0 spiro atoms. The molecular formula is C12H14N4O3. The molecule has 0 aliphatic heterocycles. The predicted octanol–water partition coefficient (Wildman–Crippen LogP) is 2.32. The summed E-state index contributed by atoms with van der Waals surface area (Å²) in [6.45, 7) is 4.72. The van der Waals surface area contributed by atoms with E-state index in [-0.39, 0.29) is 11.7 Å². The van der Waals surface area contributed by atoms with E-state index in [1.54, 1.807) is 12.1 Å².